The van der Waals surface area contributed by atoms with E-state index in [0.29, 0.717) is 5.92 Å². The maximum Gasteiger partial charge on any atom is 0.0713 e. The van der Waals surface area contributed by atoms with Crippen LogP contribution < -0.4 is 4.90 Å². The maximum atomic E-state index is 2.59. The van der Waals surface area contributed by atoms with E-state index < -0.39 is 5.41 Å². The van der Waals surface area contributed by atoms with Crippen molar-refractivity contribution in [2.45, 2.75) is 43.4 Å². The summed E-state index contributed by atoms with van der Waals surface area (Å²) >= 11 is 0. The summed E-state index contributed by atoms with van der Waals surface area (Å²) in [6.07, 6.45) is 13.6. The summed E-state index contributed by atoms with van der Waals surface area (Å²) in [7, 11) is 0. The Bertz CT molecular complexity index is 4450. The van der Waals surface area contributed by atoms with Crippen LogP contribution in [0.2, 0.25) is 0 Å². The van der Waals surface area contributed by atoms with Crippen LogP contribution in [-0.2, 0) is 5.41 Å². The van der Waals surface area contributed by atoms with Crippen LogP contribution in [0.1, 0.15) is 71.4 Å². The van der Waals surface area contributed by atoms with Crippen molar-refractivity contribution >= 4 is 49.5 Å². The molecule has 4 aliphatic carbocycles. The monoisotopic (exact) mass is 1020 g/mol. The molecule has 1 atom stereocenters. The van der Waals surface area contributed by atoms with Crippen LogP contribution >= 0.6 is 0 Å². The van der Waals surface area contributed by atoms with Gasteiger partial charge in [0.05, 0.1) is 27.8 Å². The van der Waals surface area contributed by atoms with Crippen LogP contribution in [0.4, 0.5) is 11.4 Å². The van der Waals surface area contributed by atoms with Gasteiger partial charge in [-0.1, -0.05) is 244 Å². The van der Waals surface area contributed by atoms with E-state index in [1.54, 1.807) is 0 Å². The molecule has 11 aromatic carbocycles. The second-order valence-corrected chi connectivity index (χ2v) is 22.4. The highest BCUT2D eigenvalue weighted by Gasteiger charge is 2.47. The SMILES string of the molecule is C1=CC(N(c2ccc(-c3cccc4c3-c3ccccc3C4(c3ccccc3)c3ccccc3)cc2)c2ccccc2-c2cccc3cccc(C4CCCCC4)c23)=C(c2ccc3c(c2)c2ccccc2n3-c2ccccc2)[C@H]2C=C12. The zero-order valence-corrected chi connectivity index (χ0v) is 44.6. The van der Waals surface area contributed by atoms with Crippen LogP contribution in [-0.4, -0.2) is 4.57 Å². The van der Waals surface area contributed by atoms with Gasteiger partial charge in [-0.15, -0.1) is 0 Å². The van der Waals surface area contributed by atoms with Gasteiger partial charge in [0, 0.05) is 33.6 Å². The van der Waals surface area contributed by atoms with E-state index in [4.69, 9.17) is 0 Å². The third kappa shape index (κ3) is 7.25. The molecule has 1 fully saturated rings. The number of fused-ring (bicyclic) bond motifs is 8. The molecule has 80 heavy (non-hydrogen) atoms. The minimum absolute atomic E-state index is 0.209. The van der Waals surface area contributed by atoms with Gasteiger partial charge in [0.15, 0.2) is 0 Å². The van der Waals surface area contributed by atoms with Crippen LogP contribution in [0.25, 0.3) is 77.2 Å². The number of hydrogen-bond acceptors (Lipinski definition) is 1. The standard InChI is InChI=1S/C78H58N2/c1-5-22-52(23-6-1)61-35-19-24-54-25-20-37-65(75(54)61)63-32-14-17-40-71(63)80(74-49-44-55-50-67(55)76(74)56-45-48-73-68(51-56)64-33-15-18-41-72(64)79(73)59-30-11-4-12-31-59)60-46-42-53(43-47-60)62-36-21-39-70-77(62)66-34-13-16-38-69(66)78(70,57-26-7-2-8-27-57)58-28-9-3-10-29-58/h2-4,7-21,24-52,67H,1,5-6,22-23H2/t67-/m0/s1. The first kappa shape index (κ1) is 46.6. The lowest BCUT2D eigenvalue weighted by atomic mass is 9.67. The molecule has 2 heteroatoms. The second-order valence-electron chi connectivity index (χ2n) is 22.4. The van der Waals surface area contributed by atoms with Crippen molar-refractivity contribution in [1.29, 1.82) is 0 Å². The summed E-state index contributed by atoms with van der Waals surface area (Å²) < 4.78 is 2.42. The molecule has 4 aliphatic rings. The maximum absolute atomic E-state index is 2.59. The summed E-state index contributed by atoms with van der Waals surface area (Å²) in [6, 6.07) is 98.0. The molecular weight excluding hydrogens is 965 g/mol. The van der Waals surface area contributed by atoms with E-state index in [9.17, 15) is 0 Å². The Labute approximate surface area is 468 Å². The van der Waals surface area contributed by atoms with Gasteiger partial charge < -0.3 is 9.47 Å². The molecule has 0 bridgehead atoms. The van der Waals surface area contributed by atoms with Crippen molar-refractivity contribution in [3.8, 4) is 39.1 Å². The molecule has 0 N–H and O–H groups in total. The van der Waals surface area contributed by atoms with Gasteiger partial charge in [0.2, 0.25) is 0 Å². The van der Waals surface area contributed by atoms with Crippen molar-refractivity contribution < 1.29 is 0 Å². The number of rotatable bonds is 10. The fourth-order valence-electron chi connectivity index (χ4n) is 14.7. The number of anilines is 2. The average Bonchev–Trinajstić information content (AvgIpc) is 4.23. The van der Waals surface area contributed by atoms with Gasteiger partial charge in [-0.2, -0.15) is 0 Å². The number of nitrogens with zero attached hydrogens (tertiary/aromatic N) is 2. The van der Waals surface area contributed by atoms with Gasteiger partial charge in [-0.3, -0.25) is 0 Å². The molecule has 1 aromatic heterocycles. The molecular formula is C78H58N2. The van der Waals surface area contributed by atoms with Crippen molar-refractivity contribution in [3.05, 3.63) is 324 Å². The van der Waals surface area contributed by atoms with Crippen LogP contribution in [0.5, 0.6) is 0 Å². The van der Waals surface area contributed by atoms with Gasteiger partial charge in [-0.05, 0) is 156 Å². The lowest BCUT2D eigenvalue weighted by Gasteiger charge is -2.34. The van der Waals surface area contributed by atoms with Gasteiger partial charge >= 0.3 is 0 Å². The minimum Gasteiger partial charge on any atom is -0.310 e. The quantitative estimate of drug-likeness (QED) is 0.133. The fraction of sp³-hybridized carbons (Fsp3) is 0.103. The molecule has 12 aromatic rings. The van der Waals surface area contributed by atoms with Gasteiger partial charge in [0.25, 0.3) is 0 Å². The molecule has 0 spiro atoms. The first-order chi connectivity index (χ1) is 39.7. The van der Waals surface area contributed by atoms with Crippen molar-refractivity contribution in [3.63, 3.8) is 0 Å². The number of aromatic nitrogens is 1. The minimum atomic E-state index is -0.477. The first-order valence-electron chi connectivity index (χ1n) is 28.8. The Hall–Kier alpha value is -9.50. The predicted octanol–water partition coefficient (Wildman–Crippen LogP) is 20.4. The highest BCUT2D eigenvalue weighted by molar-refractivity contribution is 6.11. The molecule has 1 saturated carbocycles. The molecule has 0 amide bonds. The Balaban J connectivity index is 0.910. The average molecular weight is 1020 g/mol. The zero-order valence-electron chi connectivity index (χ0n) is 44.6. The van der Waals surface area contributed by atoms with Gasteiger partial charge in [-0.25, -0.2) is 0 Å². The second kappa shape index (κ2) is 18.9. The van der Waals surface area contributed by atoms with Crippen molar-refractivity contribution in [2.75, 3.05) is 4.90 Å². The molecule has 16 rings (SSSR count). The molecule has 0 radical (unpaired) electrons. The number of hydrogen-bond donors (Lipinski definition) is 0. The Kier molecular flexibility index (Phi) is 11.0. The normalized spacial score (nSPS) is 16.1. The summed E-state index contributed by atoms with van der Waals surface area (Å²) in [5, 5.41) is 5.22. The summed E-state index contributed by atoms with van der Waals surface area (Å²) in [5.74, 6) is 0.764. The third-order valence-corrected chi connectivity index (χ3v) is 18.2. The smallest absolute Gasteiger partial charge is 0.0713 e. The highest BCUT2D eigenvalue weighted by Crippen LogP contribution is 2.59. The predicted molar refractivity (Wildman–Crippen MR) is 335 cm³/mol. The Morgan fingerprint density at radius 1 is 0.438 bits per heavy atom. The molecule has 1 heterocycles. The lowest BCUT2D eigenvalue weighted by molar-refractivity contribution is 0.445. The molecule has 2 nitrogen and oxygen atoms in total. The van der Waals surface area contributed by atoms with E-state index in [0.717, 1.165) is 5.69 Å². The Morgan fingerprint density at radius 2 is 1.05 bits per heavy atom. The largest absolute Gasteiger partial charge is 0.310 e. The van der Waals surface area contributed by atoms with Crippen LogP contribution in [0.15, 0.2) is 290 Å². The van der Waals surface area contributed by atoms with Crippen molar-refractivity contribution in [2.24, 2.45) is 5.92 Å². The lowest BCUT2D eigenvalue weighted by Crippen LogP contribution is -2.28. The molecule has 380 valence electrons. The van der Waals surface area contributed by atoms with E-state index in [1.165, 1.54) is 160 Å². The molecule has 0 aliphatic heterocycles. The fourth-order valence-corrected chi connectivity index (χ4v) is 14.7. The van der Waals surface area contributed by atoms with Crippen molar-refractivity contribution in [1.82, 2.24) is 4.57 Å². The van der Waals surface area contributed by atoms with E-state index in [-0.39, 0.29) is 5.92 Å². The first-order valence-corrected chi connectivity index (χ1v) is 28.8. The number of para-hydroxylation sites is 3. The third-order valence-electron chi connectivity index (χ3n) is 18.2. The zero-order chi connectivity index (χ0) is 52.7. The van der Waals surface area contributed by atoms with Crippen LogP contribution in [0, 0.1) is 5.92 Å². The molecule has 0 unspecified atom stereocenters. The van der Waals surface area contributed by atoms with E-state index in [1.807, 2.05) is 0 Å². The summed E-state index contributed by atoms with van der Waals surface area (Å²) in [5.41, 5.74) is 24.8. The van der Waals surface area contributed by atoms with Gasteiger partial charge in [0.1, 0.15) is 0 Å². The summed E-state index contributed by atoms with van der Waals surface area (Å²) in [6.45, 7) is 0. The molecule has 0 saturated heterocycles. The summed E-state index contributed by atoms with van der Waals surface area (Å²) in [4.78, 5) is 2.59. The van der Waals surface area contributed by atoms with E-state index >= 15 is 0 Å². The topological polar surface area (TPSA) is 8.17 Å². The Morgan fingerprint density at radius 3 is 1.84 bits per heavy atom. The highest BCUT2D eigenvalue weighted by atomic mass is 15.2. The number of allylic oxidation sites excluding steroid dienone is 5. The number of benzene rings is 11. The van der Waals surface area contributed by atoms with Crippen LogP contribution in [0.3, 0.4) is 0 Å². The van der Waals surface area contributed by atoms with E-state index in [2.05, 4.69) is 289 Å².